The Hall–Kier alpha value is -2.95. The molecule has 5 nitrogen and oxygen atoms in total. The fraction of sp³-hybridized carbons (Fsp3) is 0.118. The maximum Gasteiger partial charge on any atom is 0.269 e. The van der Waals surface area contributed by atoms with Gasteiger partial charge in [0.25, 0.3) is 5.69 Å². The molecule has 2 rings (SSSR count). The SMILES string of the molecule is CC=N/C(=C(\N)c1ccc([N+](=O)[O-])cc1)c1ccccc1C. The van der Waals surface area contributed by atoms with Crippen LogP contribution in [0.1, 0.15) is 23.6 Å². The van der Waals surface area contributed by atoms with Gasteiger partial charge >= 0.3 is 0 Å². The van der Waals surface area contributed by atoms with E-state index in [0.717, 1.165) is 11.1 Å². The summed E-state index contributed by atoms with van der Waals surface area (Å²) in [5.74, 6) is 0. The normalized spacial score (nSPS) is 12.3. The van der Waals surface area contributed by atoms with E-state index in [0.29, 0.717) is 17.0 Å². The van der Waals surface area contributed by atoms with E-state index >= 15 is 0 Å². The van der Waals surface area contributed by atoms with Crippen molar-refractivity contribution >= 4 is 23.3 Å². The Kier molecular flexibility index (Phi) is 4.68. The first-order valence-corrected chi connectivity index (χ1v) is 6.84. The third-order valence-corrected chi connectivity index (χ3v) is 3.30. The molecular weight excluding hydrogens is 278 g/mol. The highest BCUT2D eigenvalue weighted by Gasteiger charge is 2.11. The molecule has 112 valence electrons. The van der Waals surface area contributed by atoms with Crippen LogP contribution < -0.4 is 5.73 Å². The second-order valence-corrected chi connectivity index (χ2v) is 4.77. The van der Waals surface area contributed by atoms with Crippen molar-refractivity contribution in [1.29, 1.82) is 0 Å². The molecule has 0 atom stereocenters. The molecule has 2 N–H and O–H groups in total. The Labute approximate surface area is 129 Å². The van der Waals surface area contributed by atoms with E-state index in [1.165, 1.54) is 12.1 Å². The summed E-state index contributed by atoms with van der Waals surface area (Å²) in [6.07, 6.45) is 1.68. The fourth-order valence-electron chi connectivity index (χ4n) is 2.15. The third kappa shape index (κ3) is 3.20. The van der Waals surface area contributed by atoms with Crippen LogP contribution in [-0.2, 0) is 0 Å². The minimum atomic E-state index is -0.434. The number of nitro benzene ring substituents is 1. The number of nitro groups is 1. The molecule has 0 bridgehead atoms. The Morgan fingerprint density at radius 3 is 2.36 bits per heavy atom. The number of hydrogen-bond donors (Lipinski definition) is 1. The van der Waals surface area contributed by atoms with Crippen LogP contribution in [0.4, 0.5) is 5.69 Å². The zero-order valence-corrected chi connectivity index (χ0v) is 12.5. The summed E-state index contributed by atoms with van der Waals surface area (Å²) in [6.45, 7) is 3.81. The van der Waals surface area contributed by atoms with E-state index < -0.39 is 4.92 Å². The van der Waals surface area contributed by atoms with Crippen LogP contribution >= 0.6 is 0 Å². The van der Waals surface area contributed by atoms with Crippen LogP contribution in [0.25, 0.3) is 11.4 Å². The van der Waals surface area contributed by atoms with Gasteiger partial charge in [-0.15, -0.1) is 0 Å². The highest BCUT2D eigenvalue weighted by molar-refractivity contribution is 5.92. The van der Waals surface area contributed by atoms with Gasteiger partial charge in [-0.25, -0.2) is 0 Å². The van der Waals surface area contributed by atoms with Gasteiger partial charge in [-0.3, -0.25) is 15.1 Å². The maximum atomic E-state index is 10.7. The number of nitrogens with zero attached hydrogens (tertiary/aromatic N) is 2. The first kappa shape index (κ1) is 15.4. The van der Waals surface area contributed by atoms with Crippen molar-refractivity contribution in [2.75, 3.05) is 0 Å². The van der Waals surface area contributed by atoms with Crippen molar-refractivity contribution in [2.45, 2.75) is 13.8 Å². The summed E-state index contributed by atoms with van der Waals surface area (Å²) in [4.78, 5) is 14.7. The Morgan fingerprint density at radius 2 is 1.82 bits per heavy atom. The number of non-ortho nitro benzene ring substituents is 1. The average Bonchev–Trinajstić information content (AvgIpc) is 2.53. The predicted octanol–water partition coefficient (Wildman–Crippen LogP) is 3.78. The molecule has 0 amide bonds. The van der Waals surface area contributed by atoms with Gasteiger partial charge in [-0.05, 0) is 31.5 Å². The smallest absolute Gasteiger partial charge is 0.269 e. The van der Waals surface area contributed by atoms with Gasteiger partial charge in [0, 0.05) is 29.5 Å². The number of aryl methyl sites for hydroxylation is 1. The summed E-state index contributed by atoms with van der Waals surface area (Å²) in [7, 11) is 0. The lowest BCUT2D eigenvalue weighted by molar-refractivity contribution is -0.384. The number of rotatable bonds is 4. The standard InChI is InChI=1S/C17H17N3O2/c1-3-19-17(15-7-5-4-6-12(15)2)16(18)13-8-10-14(11-9-13)20(21)22/h3-11H,18H2,1-2H3/b17-16-,19-3?. The average molecular weight is 295 g/mol. The van der Waals surface area contributed by atoms with Crippen LogP contribution in [-0.4, -0.2) is 11.1 Å². The van der Waals surface area contributed by atoms with E-state index in [4.69, 9.17) is 5.73 Å². The van der Waals surface area contributed by atoms with E-state index in [1.54, 1.807) is 18.3 Å². The lowest BCUT2D eigenvalue weighted by Gasteiger charge is -2.11. The van der Waals surface area contributed by atoms with E-state index in [-0.39, 0.29) is 5.69 Å². The molecule has 0 saturated carbocycles. The number of hydrogen-bond acceptors (Lipinski definition) is 4. The zero-order chi connectivity index (χ0) is 16.1. The summed E-state index contributed by atoms with van der Waals surface area (Å²) in [6, 6.07) is 14.0. The van der Waals surface area contributed by atoms with Gasteiger partial charge in [-0.1, -0.05) is 24.3 Å². The third-order valence-electron chi connectivity index (χ3n) is 3.30. The molecule has 0 unspecified atom stereocenters. The summed E-state index contributed by atoms with van der Waals surface area (Å²) < 4.78 is 0. The largest absolute Gasteiger partial charge is 0.396 e. The zero-order valence-electron chi connectivity index (χ0n) is 12.5. The summed E-state index contributed by atoms with van der Waals surface area (Å²) >= 11 is 0. The van der Waals surface area contributed by atoms with Crippen molar-refractivity contribution in [1.82, 2.24) is 0 Å². The Balaban J connectivity index is 2.55. The Bertz CT molecular complexity index is 747. The maximum absolute atomic E-state index is 10.7. The number of benzene rings is 2. The first-order chi connectivity index (χ1) is 10.5. The topological polar surface area (TPSA) is 81.5 Å². The monoisotopic (exact) mass is 295 g/mol. The lowest BCUT2D eigenvalue weighted by atomic mass is 10.0. The van der Waals surface area contributed by atoms with Crippen LogP contribution in [0, 0.1) is 17.0 Å². The van der Waals surface area contributed by atoms with Gasteiger partial charge in [-0.2, -0.15) is 0 Å². The first-order valence-electron chi connectivity index (χ1n) is 6.84. The highest BCUT2D eigenvalue weighted by atomic mass is 16.6. The van der Waals surface area contributed by atoms with Crippen molar-refractivity contribution in [2.24, 2.45) is 10.7 Å². The highest BCUT2D eigenvalue weighted by Crippen LogP contribution is 2.27. The summed E-state index contributed by atoms with van der Waals surface area (Å²) in [5.41, 5.74) is 10.1. The van der Waals surface area contributed by atoms with E-state index in [1.807, 2.05) is 38.1 Å². The van der Waals surface area contributed by atoms with Crippen molar-refractivity contribution in [3.8, 4) is 0 Å². The fourth-order valence-corrected chi connectivity index (χ4v) is 2.15. The number of nitrogens with two attached hydrogens (primary N) is 1. The minimum absolute atomic E-state index is 0.0352. The van der Waals surface area contributed by atoms with Crippen molar-refractivity contribution in [3.63, 3.8) is 0 Å². The predicted molar refractivity (Wildman–Crippen MR) is 89.4 cm³/mol. The van der Waals surface area contributed by atoms with Crippen LogP contribution in [0.5, 0.6) is 0 Å². The van der Waals surface area contributed by atoms with Gasteiger partial charge in [0.05, 0.1) is 16.3 Å². The molecule has 0 spiro atoms. The van der Waals surface area contributed by atoms with Crippen LogP contribution in [0.2, 0.25) is 0 Å². The molecule has 2 aromatic carbocycles. The van der Waals surface area contributed by atoms with Gasteiger partial charge < -0.3 is 5.73 Å². The molecule has 0 aliphatic heterocycles. The molecule has 0 saturated heterocycles. The van der Waals surface area contributed by atoms with Crippen molar-refractivity contribution < 1.29 is 4.92 Å². The van der Waals surface area contributed by atoms with Crippen LogP contribution in [0.15, 0.2) is 53.5 Å². The lowest BCUT2D eigenvalue weighted by Crippen LogP contribution is -2.02. The van der Waals surface area contributed by atoms with E-state index in [2.05, 4.69) is 4.99 Å². The van der Waals surface area contributed by atoms with E-state index in [9.17, 15) is 10.1 Å². The Morgan fingerprint density at radius 1 is 1.18 bits per heavy atom. The second kappa shape index (κ2) is 6.67. The molecule has 2 aromatic rings. The molecule has 0 aromatic heterocycles. The summed E-state index contributed by atoms with van der Waals surface area (Å²) in [5, 5.41) is 10.7. The van der Waals surface area contributed by atoms with Gasteiger partial charge in [0.2, 0.25) is 0 Å². The quantitative estimate of drug-likeness (QED) is 0.403. The molecule has 0 heterocycles. The molecule has 0 radical (unpaired) electrons. The molecular formula is C17H17N3O2. The number of aliphatic imine (C=N–C) groups is 1. The van der Waals surface area contributed by atoms with Crippen molar-refractivity contribution in [3.05, 3.63) is 75.3 Å². The molecule has 0 aliphatic rings. The molecule has 0 fully saturated rings. The van der Waals surface area contributed by atoms with Gasteiger partial charge in [0.15, 0.2) is 0 Å². The van der Waals surface area contributed by atoms with Gasteiger partial charge in [0.1, 0.15) is 0 Å². The molecule has 0 aliphatic carbocycles. The van der Waals surface area contributed by atoms with Crippen LogP contribution in [0.3, 0.4) is 0 Å². The minimum Gasteiger partial charge on any atom is -0.396 e. The second-order valence-electron chi connectivity index (χ2n) is 4.77. The molecule has 22 heavy (non-hydrogen) atoms. The molecule has 5 heteroatoms.